The molecule has 21 heavy (non-hydrogen) atoms. The largest absolute Gasteiger partial charge is 0.377 e. The number of benzene rings is 1. The number of anilines is 2. The van der Waals surface area contributed by atoms with E-state index in [0.717, 1.165) is 22.5 Å². The van der Waals surface area contributed by atoms with Crippen LogP contribution in [0.3, 0.4) is 0 Å². The SMILES string of the molecule is Cc1ccc(C)c(NC(=O)C[n+]2ccc(N(C)C)cc2)c1. The highest BCUT2D eigenvalue weighted by Gasteiger charge is 2.11. The van der Waals surface area contributed by atoms with Crippen LogP contribution in [-0.4, -0.2) is 20.0 Å². The van der Waals surface area contributed by atoms with Gasteiger partial charge in [0.25, 0.3) is 5.91 Å². The zero-order chi connectivity index (χ0) is 15.4. The standard InChI is InChI=1S/C17H21N3O/c1-13-5-6-14(2)16(11-13)18-17(21)12-20-9-7-15(8-10-20)19(3)4/h5-11H,12H2,1-4H3/p+1. The van der Waals surface area contributed by atoms with Crippen molar-refractivity contribution in [1.82, 2.24) is 0 Å². The van der Waals surface area contributed by atoms with E-state index in [-0.39, 0.29) is 5.91 Å². The zero-order valence-electron chi connectivity index (χ0n) is 13.1. The number of aryl methyl sites for hydroxylation is 2. The maximum Gasteiger partial charge on any atom is 0.290 e. The molecule has 0 spiro atoms. The Balaban J connectivity index is 2.03. The van der Waals surface area contributed by atoms with E-state index < -0.39 is 0 Å². The first kappa shape index (κ1) is 15.0. The van der Waals surface area contributed by atoms with Gasteiger partial charge in [-0.25, -0.2) is 0 Å². The molecule has 0 bridgehead atoms. The first-order valence-corrected chi connectivity index (χ1v) is 6.99. The predicted molar refractivity (Wildman–Crippen MR) is 85.5 cm³/mol. The topological polar surface area (TPSA) is 36.2 Å². The second-order valence-corrected chi connectivity index (χ2v) is 5.49. The molecular formula is C17H22N3O+. The molecule has 0 unspecified atom stereocenters. The zero-order valence-corrected chi connectivity index (χ0v) is 13.1. The molecule has 1 N–H and O–H groups in total. The number of nitrogens with one attached hydrogen (secondary N) is 1. The quantitative estimate of drug-likeness (QED) is 0.875. The van der Waals surface area contributed by atoms with Gasteiger partial charge in [0.2, 0.25) is 6.54 Å². The highest BCUT2D eigenvalue weighted by molar-refractivity contribution is 5.90. The van der Waals surface area contributed by atoms with E-state index in [1.165, 1.54) is 0 Å². The van der Waals surface area contributed by atoms with Gasteiger partial charge in [0, 0.05) is 37.6 Å². The highest BCUT2D eigenvalue weighted by Crippen LogP contribution is 2.16. The third kappa shape index (κ3) is 4.05. The van der Waals surface area contributed by atoms with Gasteiger partial charge in [0.15, 0.2) is 12.4 Å². The summed E-state index contributed by atoms with van der Waals surface area (Å²) in [6.07, 6.45) is 3.83. The van der Waals surface area contributed by atoms with Crippen LogP contribution in [0.25, 0.3) is 0 Å². The molecule has 110 valence electrons. The number of amides is 1. The first-order chi connectivity index (χ1) is 9.95. The molecule has 0 saturated carbocycles. The van der Waals surface area contributed by atoms with Crippen LogP contribution >= 0.6 is 0 Å². The van der Waals surface area contributed by atoms with Gasteiger partial charge in [0.05, 0.1) is 0 Å². The summed E-state index contributed by atoms with van der Waals surface area (Å²) in [6.45, 7) is 4.32. The van der Waals surface area contributed by atoms with E-state index in [1.807, 2.05) is 80.1 Å². The van der Waals surface area contributed by atoms with Gasteiger partial charge < -0.3 is 10.2 Å². The van der Waals surface area contributed by atoms with Gasteiger partial charge in [-0.1, -0.05) is 12.1 Å². The van der Waals surface area contributed by atoms with Crippen LogP contribution in [0, 0.1) is 13.8 Å². The van der Waals surface area contributed by atoms with Crippen molar-refractivity contribution in [2.45, 2.75) is 20.4 Å². The van der Waals surface area contributed by atoms with Crippen molar-refractivity contribution >= 4 is 17.3 Å². The molecule has 2 aromatic rings. The van der Waals surface area contributed by atoms with E-state index in [1.54, 1.807) is 0 Å². The number of aromatic nitrogens is 1. The van der Waals surface area contributed by atoms with Crippen molar-refractivity contribution in [3.63, 3.8) is 0 Å². The van der Waals surface area contributed by atoms with E-state index in [2.05, 4.69) is 5.32 Å². The average molecular weight is 284 g/mol. The van der Waals surface area contributed by atoms with Crippen LogP contribution in [0.4, 0.5) is 11.4 Å². The van der Waals surface area contributed by atoms with Gasteiger partial charge in [-0.15, -0.1) is 0 Å². The summed E-state index contributed by atoms with van der Waals surface area (Å²) in [5.74, 6) is -0.0219. The van der Waals surface area contributed by atoms with Crippen LogP contribution < -0.4 is 14.8 Å². The fourth-order valence-electron chi connectivity index (χ4n) is 2.08. The summed E-state index contributed by atoms with van der Waals surface area (Å²) in [4.78, 5) is 14.2. The number of carbonyl (C=O) groups excluding carboxylic acids is 1. The molecule has 0 atom stereocenters. The van der Waals surface area contributed by atoms with E-state index >= 15 is 0 Å². The molecule has 0 aliphatic rings. The van der Waals surface area contributed by atoms with Crippen molar-refractivity contribution in [3.8, 4) is 0 Å². The number of pyridine rings is 1. The lowest BCUT2D eigenvalue weighted by Gasteiger charge is -2.11. The first-order valence-electron chi connectivity index (χ1n) is 6.99. The Morgan fingerprint density at radius 3 is 2.43 bits per heavy atom. The lowest BCUT2D eigenvalue weighted by atomic mass is 10.1. The Hall–Kier alpha value is -2.36. The predicted octanol–water partition coefficient (Wildman–Crippen LogP) is 2.30. The van der Waals surface area contributed by atoms with Crippen LogP contribution in [0.2, 0.25) is 0 Å². The van der Waals surface area contributed by atoms with Crippen LogP contribution in [-0.2, 0) is 11.3 Å². The fourth-order valence-corrected chi connectivity index (χ4v) is 2.08. The molecule has 0 fully saturated rings. The van der Waals surface area contributed by atoms with Crippen molar-refractivity contribution < 1.29 is 9.36 Å². The molecule has 0 saturated heterocycles. The summed E-state index contributed by atoms with van der Waals surface area (Å²) < 4.78 is 1.87. The summed E-state index contributed by atoms with van der Waals surface area (Å²) in [7, 11) is 3.99. The number of hydrogen-bond donors (Lipinski definition) is 1. The lowest BCUT2D eigenvalue weighted by Crippen LogP contribution is -2.39. The van der Waals surface area contributed by atoms with E-state index in [4.69, 9.17) is 0 Å². The Labute approximate surface area is 126 Å². The van der Waals surface area contributed by atoms with Crippen LogP contribution in [0.15, 0.2) is 42.7 Å². The molecule has 0 aliphatic carbocycles. The summed E-state index contributed by atoms with van der Waals surface area (Å²) in [5.41, 5.74) is 4.20. The molecular weight excluding hydrogens is 262 g/mol. The normalized spacial score (nSPS) is 10.3. The van der Waals surface area contributed by atoms with Gasteiger partial charge in [-0.05, 0) is 31.0 Å². The van der Waals surface area contributed by atoms with E-state index in [0.29, 0.717) is 6.54 Å². The van der Waals surface area contributed by atoms with Crippen LogP contribution in [0.5, 0.6) is 0 Å². The van der Waals surface area contributed by atoms with Crippen molar-refractivity contribution in [3.05, 3.63) is 53.9 Å². The molecule has 1 aromatic heterocycles. The monoisotopic (exact) mass is 284 g/mol. The second kappa shape index (κ2) is 6.39. The van der Waals surface area contributed by atoms with Crippen molar-refractivity contribution in [1.29, 1.82) is 0 Å². The third-order valence-corrected chi connectivity index (χ3v) is 3.38. The molecule has 2 rings (SSSR count). The molecule has 1 amide bonds. The molecule has 4 heteroatoms. The van der Waals surface area contributed by atoms with Gasteiger partial charge in [-0.3, -0.25) is 4.79 Å². The number of nitrogens with zero attached hydrogens (tertiary/aromatic N) is 2. The van der Waals surface area contributed by atoms with Crippen LogP contribution in [0.1, 0.15) is 11.1 Å². The number of carbonyl (C=O) groups is 1. The minimum absolute atomic E-state index is 0.0219. The number of hydrogen-bond acceptors (Lipinski definition) is 2. The van der Waals surface area contributed by atoms with E-state index in [9.17, 15) is 4.79 Å². The Morgan fingerprint density at radius 2 is 1.81 bits per heavy atom. The fraction of sp³-hybridized carbons (Fsp3) is 0.294. The van der Waals surface area contributed by atoms with Crippen molar-refractivity contribution in [2.75, 3.05) is 24.3 Å². The lowest BCUT2D eigenvalue weighted by molar-refractivity contribution is -0.684. The minimum Gasteiger partial charge on any atom is -0.377 e. The molecule has 4 nitrogen and oxygen atoms in total. The third-order valence-electron chi connectivity index (χ3n) is 3.38. The smallest absolute Gasteiger partial charge is 0.290 e. The summed E-state index contributed by atoms with van der Waals surface area (Å²) in [6, 6.07) is 10.0. The highest BCUT2D eigenvalue weighted by atomic mass is 16.1. The van der Waals surface area contributed by atoms with Gasteiger partial charge in [0.1, 0.15) is 0 Å². The number of rotatable bonds is 4. The Morgan fingerprint density at radius 1 is 1.14 bits per heavy atom. The Bertz CT molecular complexity index is 633. The van der Waals surface area contributed by atoms with Crippen molar-refractivity contribution in [2.24, 2.45) is 0 Å². The maximum atomic E-state index is 12.1. The summed E-state index contributed by atoms with van der Waals surface area (Å²) in [5, 5.41) is 2.97. The molecule has 0 radical (unpaired) electrons. The molecule has 1 heterocycles. The summed E-state index contributed by atoms with van der Waals surface area (Å²) >= 11 is 0. The minimum atomic E-state index is -0.0219. The van der Waals surface area contributed by atoms with Gasteiger partial charge >= 0.3 is 0 Å². The Kier molecular flexibility index (Phi) is 4.58. The second-order valence-electron chi connectivity index (χ2n) is 5.49. The van der Waals surface area contributed by atoms with Gasteiger partial charge in [-0.2, -0.15) is 4.57 Å². The average Bonchev–Trinajstić information content (AvgIpc) is 2.43. The maximum absolute atomic E-state index is 12.1. The molecule has 0 aliphatic heterocycles. The molecule has 1 aromatic carbocycles.